The Morgan fingerprint density at radius 1 is 0.611 bits per heavy atom. The van der Waals surface area contributed by atoms with E-state index >= 15 is 0 Å². The predicted octanol–water partition coefficient (Wildman–Crippen LogP) is 7.29. The van der Waals surface area contributed by atoms with Crippen LogP contribution in [0, 0.1) is 34.1 Å². The van der Waals surface area contributed by atoms with Gasteiger partial charge in [-0.25, -0.2) is 0 Å². The highest BCUT2D eigenvalue weighted by Crippen LogP contribution is 2.30. The van der Waals surface area contributed by atoms with Crippen molar-refractivity contribution in [3.63, 3.8) is 0 Å². The molecular formula is C28H22N4O4. The molecule has 36 heavy (non-hydrogen) atoms. The zero-order chi connectivity index (χ0) is 25.7. The molecule has 4 aromatic rings. The zero-order valence-electron chi connectivity index (χ0n) is 19.7. The summed E-state index contributed by atoms with van der Waals surface area (Å²) in [7, 11) is 0. The summed E-state index contributed by atoms with van der Waals surface area (Å²) in [6, 6.07) is 24.6. The molecule has 0 unspecified atom stereocenters. The minimum Gasteiger partial charge on any atom is -0.258 e. The average Bonchev–Trinajstić information content (AvgIpc) is 2.87. The molecule has 0 fully saturated rings. The standard InChI is InChI=1S/C28H22N4O4/c1-19-13-23(9-11-27(19)29-17-21-5-3-7-25(15-21)31(33)34)24-10-12-28(20(2)14-24)30-18-22-6-4-8-26(16-22)32(35)36/h3-18H,1-2H3. The zero-order valence-corrected chi connectivity index (χ0v) is 19.7. The highest BCUT2D eigenvalue weighted by molar-refractivity contribution is 5.84. The first-order valence-electron chi connectivity index (χ1n) is 11.1. The van der Waals surface area contributed by atoms with Crippen molar-refractivity contribution < 1.29 is 9.85 Å². The van der Waals surface area contributed by atoms with Gasteiger partial charge in [0.2, 0.25) is 0 Å². The van der Waals surface area contributed by atoms with Crippen LogP contribution in [0.2, 0.25) is 0 Å². The van der Waals surface area contributed by atoms with E-state index in [9.17, 15) is 20.2 Å². The van der Waals surface area contributed by atoms with Gasteiger partial charge >= 0.3 is 0 Å². The van der Waals surface area contributed by atoms with Gasteiger partial charge in [0.05, 0.1) is 21.2 Å². The summed E-state index contributed by atoms with van der Waals surface area (Å²) < 4.78 is 0. The third kappa shape index (κ3) is 5.74. The Labute approximate surface area is 207 Å². The summed E-state index contributed by atoms with van der Waals surface area (Å²) in [6.07, 6.45) is 3.24. The number of aryl methyl sites for hydroxylation is 2. The number of nitrogens with zero attached hydrogens (tertiary/aromatic N) is 4. The lowest BCUT2D eigenvalue weighted by molar-refractivity contribution is -0.385. The predicted molar refractivity (Wildman–Crippen MR) is 142 cm³/mol. The molecule has 0 spiro atoms. The maximum Gasteiger partial charge on any atom is 0.270 e. The fourth-order valence-corrected chi connectivity index (χ4v) is 3.69. The van der Waals surface area contributed by atoms with Crippen LogP contribution in [0.4, 0.5) is 22.7 Å². The number of hydrogen-bond acceptors (Lipinski definition) is 6. The summed E-state index contributed by atoms with van der Waals surface area (Å²) in [5.74, 6) is 0. The molecule has 0 aliphatic rings. The van der Waals surface area contributed by atoms with Crippen LogP contribution in [-0.2, 0) is 0 Å². The number of non-ortho nitro benzene ring substituents is 2. The molecule has 0 amide bonds. The van der Waals surface area contributed by atoms with Crippen LogP contribution < -0.4 is 0 Å². The maximum absolute atomic E-state index is 11.0. The number of rotatable bonds is 7. The van der Waals surface area contributed by atoms with Gasteiger partial charge < -0.3 is 0 Å². The van der Waals surface area contributed by atoms with Crippen LogP contribution >= 0.6 is 0 Å². The minimum atomic E-state index is -0.427. The van der Waals surface area contributed by atoms with Crippen LogP contribution in [-0.4, -0.2) is 22.3 Å². The van der Waals surface area contributed by atoms with Crippen LogP contribution in [0.25, 0.3) is 11.1 Å². The molecule has 0 saturated carbocycles. The lowest BCUT2D eigenvalue weighted by atomic mass is 10.00. The normalized spacial score (nSPS) is 11.3. The van der Waals surface area contributed by atoms with E-state index in [-0.39, 0.29) is 11.4 Å². The highest BCUT2D eigenvalue weighted by Gasteiger charge is 2.07. The number of hydrogen-bond donors (Lipinski definition) is 0. The van der Waals surface area contributed by atoms with Crippen molar-refractivity contribution in [2.24, 2.45) is 9.98 Å². The first kappa shape index (κ1) is 24.2. The Hall–Kier alpha value is -4.98. The topological polar surface area (TPSA) is 111 Å². The van der Waals surface area contributed by atoms with Gasteiger partial charge in [-0.15, -0.1) is 0 Å². The number of aliphatic imine (C=N–C) groups is 2. The monoisotopic (exact) mass is 478 g/mol. The fourth-order valence-electron chi connectivity index (χ4n) is 3.69. The summed E-state index contributed by atoms with van der Waals surface area (Å²) in [6.45, 7) is 3.93. The quantitative estimate of drug-likeness (QED) is 0.158. The van der Waals surface area contributed by atoms with Gasteiger partial charge in [-0.1, -0.05) is 36.4 Å². The Bertz CT molecular complexity index is 1410. The van der Waals surface area contributed by atoms with Crippen molar-refractivity contribution in [1.82, 2.24) is 0 Å². The van der Waals surface area contributed by atoms with E-state index in [2.05, 4.69) is 9.98 Å². The van der Waals surface area contributed by atoms with Crippen LogP contribution in [0.15, 0.2) is 94.9 Å². The second kappa shape index (κ2) is 10.5. The molecule has 0 saturated heterocycles. The molecular weight excluding hydrogens is 456 g/mol. The van der Waals surface area contributed by atoms with Crippen LogP contribution in [0.5, 0.6) is 0 Å². The third-order valence-corrected chi connectivity index (χ3v) is 5.59. The van der Waals surface area contributed by atoms with E-state index in [1.54, 1.807) is 36.7 Å². The summed E-state index contributed by atoms with van der Waals surface area (Å²) >= 11 is 0. The summed E-state index contributed by atoms with van der Waals surface area (Å²) in [5.41, 5.74) is 6.92. The van der Waals surface area contributed by atoms with Crippen molar-refractivity contribution in [3.05, 3.63) is 127 Å². The van der Waals surface area contributed by atoms with Gasteiger partial charge in [0.25, 0.3) is 11.4 Å². The molecule has 0 radical (unpaired) electrons. The smallest absolute Gasteiger partial charge is 0.258 e. The van der Waals surface area contributed by atoms with Gasteiger partial charge in [0, 0.05) is 36.7 Å². The molecule has 4 rings (SSSR count). The molecule has 0 atom stereocenters. The Kier molecular flexibility index (Phi) is 7.06. The molecule has 8 heteroatoms. The van der Waals surface area contributed by atoms with Gasteiger partial charge in [-0.3, -0.25) is 30.2 Å². The third-order valence-electron chi connectivity index (χ3n) is 5.59. The molecule has 0 aromatic heterocycles. The van der Waals surface area contributed by atoms with Gasteiger partial charge in [-0.05, 0) is 71.5 Å². The van der Waals surface area contributed by atoms with E-state index in [0.29, 0.717) is 11.1 Å². The van der Waals surface area contributed by atoms with Crippen molar-refractivity contribution in [3.8, 4) is 11.1 Å². The molecule has 8 nitrogen and oxygen atoms in total. The number of nitro benzene ring substituents is 2. The molecule has 0 N–H and O–H groups in total. The molecule has 178 valence electrons. The SMILES string of the molecule is Cc1cc(-c2ccc(N=Cc3cccc([N+](=O)[O-])c3)c(C)c2)ccc1N=Cc1cccc([N+](=O)[O-])c1. The largest absolute Gasteiger partial charge is 0.270 e. The average molecular weight is 479 g/mol. The Morgan fingerprint density at radius 3 is 1.39 bits per heavy atom. The minimum absolute atomic E-state index is 0.0271. The van der Waals surface area contributed by atoms with Crippen LogP contribution in [0.1, 0.15) is 22.3 Å². The number of benzene rings is 4. The van der Waals surface area contributed by atoms with Crippen molar-refractivity contribution in [2.45, 2.75) is 13.8 Å². The highest BCUT2D eigenvalue weighted by atomic mass is 16.6. The lowest BCUT2D eigenvalue weighted by Crippen LogP contribution is -1.90. The molecule has 0 aliphatic carbocycles. The van der Waals surface area contributed by atoms with Gasteiger partial charge in [0.15, 0.2) is 0 Å². The van der Waals surface area contributed by atoms with Crippen molar-refractivity contribution in [2.75, 3.05) is 0 Å². The first-order chi connectivity index (χ1) is 17.3. The van der Waals surface area contributed by atoms with Gasteiger partial charge in [-0.2, -0.15) is 0 Å². The summed E-state index contributed by atoms with van der Waals surface area (Å²) in [5, 5.41) is 21.9. The van der Waals surface area contributed by atoms with E-state index < -0.39 is 9.85 Å². The maximum atomic E-state index is 11.0. The van der Waals surface area contributed by atoms with Crippen molar-refractivity contribution in [1.29, 1.82) is 0 Å². The molecule has 0 heterocycles. The second-order valence-electron chi connectivity index (χ2n) is 8.22. The number of nitro groups is 2. The summed E-state index contributed by atoms with van der Waals surface area (Å²) in [4.78, 5) is 30.1. The van der Waals surface area contributed by atoms with Gasteiger partial charge in [0.1, 0.15) is 0 Å². The van der Waals surface area contributed by atoms with Crippen LogP contribution in [0.3, 0.4) is 0 Å². The van der Waals surface area contributed by atoms with Crippen molar-refractivity contribution >= 4 is 35.2 Å². The van der Waals surface area contributed by atoms with E-state index in [1.165, 1.54) is 24.3 Å². The van der Waals surface area contributed by atoms with E-state index in [0.717, 1.165) is 33.6 Å². The molecule has 4 aromatic carbocycles. The fraction of sp³-hybridized carbons (Fsp3) is 0.0714. The molecule has 0 aliphatic heterocycles. The first-order valence-corrected chi connectivity index (χ1v) is 11.1. The Morgan fingerprint density at radius 2 is 1.03 bits per heavy atom. The van der Waals surface area contributed by atoms with E-state index in [1.807, 2.05) is 50.2 Å². The molecule has 0 bridgehead atoms. The lowest BCUT2D eigenvalue weighted by Gasteiger charge is -2.08. The second-order valence-corrected chi connectivity index (χ2v) is 8.22. The van der Waals surface area contributed by atoms with E-state index in [4.69, 9.17) is 0 Å². The Balaban J connectivity index is 1.52.